The van der Waals surface area contributed by atoms with Crippen molar-refractivity contribution in [1.29, 1.82) is 0 Å². The summed E-state index contributed by atoms with van der Waals surface area (Å²) < 4.78 is 0. The van der Waals surface area contributed by atoms with Gasteiger partial charge in [-0.2, -0.15) is 5.10 Å². The normalized spacial score (nSPS) is 10.8. The zero-order chi connectivity index (χ0) is 15.1. The monoisotopic (exact) mass is 275 g/mol. The smallest absolute Gasteiger partial charge is 0.312 e. The first-order valence-corrected chi connectivity index (χ1v) is 6.76. The number of nitrogens with two attached hydrogens (primary N) is 1. The Kier molecular flexibility index (Phi) is 6.06. The Labute approximate surface area is 119 Å². The van der Waals surface area contributed by atoms with E-state index in [4.69, 9.17) is 5.73 Å². The topological polar surface area (TPSA) is 84.5 Å². The molecule has 0 aromatic heterocycles. The summed E-state index contributed by atoms with van der Waals surface area (Å²) in [6, 6.07) is 3.78. The zero-order valence-electron chi connectivity index (χ0n) is 12.2. The van der Waals surface area contributed by atoms with Crippen LogP contribution >= 0.6 is 0 Å². The largest absolute Gasteiger partial charge is 0.326 e. The van der Waals surface area contributed by atoms with Gasteiger partial charge in [0.25, 0.3) is 5.78 Å². The van der Waals surface area contributed by atoms with E-state index in [2.05, 4.69) is 10.5 Å². The van der Waals surface area contributed by atoms with E-state index in [1.807, 2.05) is 26.0 Å². The van der Waals surface area contributed by atoms with E-state index in [1.165, 1.54) is 6.21 Å². The van der Waals surface area contributed by atoms with Crippen molar-refractivity contribution in [3.63, 3.8) is 0 Å². The number of hydrazone groups is 1. The number of nitrogens with one attached hydrogen (secondary N) is 1. The molecule has 3 N–H and O–H groups in total. The van der Waals surface area contributed by atoms with Crippen LogP contribution in [0.25, 0.3) is 0 Å². The van der Waals surface area contributed by atoms with Crippen LogP contribution in [0.3, 0.4) is 0 Å². The molecule has 0 fully saturated rings. The third-order valence-electron chi connectivity index (χ3n) is 3.09. The number of ketones is 1. The molecule has 0 atom stereocenters. The van der Waals surface area contributed by atoms with Crippen molar-refractivity contribution in [2.45, 2.75) is 40.2 Å². The lowest BCUT2D eigenvalue weighted by Gasteiger charge is -2.13. The molecule has 0 saturated carbocycles. The second-order valence-corrected chi connectivity index (χ2v) is 4.36. The summed E-state index contributed by atoms with van der Waals surface area (Å²) in [5, 5.41) is 3.60. The molecule has 1 amide bonds. The van der Waals surface area contributed by atoms with E-state index in [-0.39, 0.29) is 0 Å². The number of benzene rings is 1. The maximum atomic E-state index is 12.3. The molecular weight excluding hydrogens is 254 g/mol. The van der Waals surface area contributed by atoms with Crippen molar-refractivity contribution >= 4 is 17.9 Å². The minimum Gasteiger partial charge on any atom is -0.326 e. The highest BCUT2D eigenvalue weighted by atomic mass is 16.2. The van der Waals surface area contributed by atoms with E-state index < -0.39 is 11.7 Å². The highest BCUT2D eigenvalue weighted by Gasteiger charge is 2.22. The standard InChI is InChI=1S/C15H21N3O2/c1-4-11-7-10(9-16)8-12(5-2)13(11)14(19)15(20)18-17-6-3/h6-8H,4-5,9,16H2,1-3H3,(H,18,20). The zero-order valence-corrected chi connectivity index (χ0v) is 12.2. The SMILES string of the molecule is CC=NNC(=O)C(=O)c1c(CC)cc(CN)cc1CC. The first kappa shape index (κ1) is 16.0. The summed E-state index contributed by atoms with van der Waals surface area (Å²) in [7, 11) is 0. The first-order chi connectivity index (χ1) is 9.58. The predicted octanol–water partition coefficient (Wildman–Crippen LogP) is 1.57. The average molecular weight is 275 g/mol. The Balaban J connectivity index is 3.27. The van der Waals surface area contributed by atoms with Gasteiger partial charge in [0, 0.05) is 18.3 Å². The number of carbonyl (C=O) groups is 2. The number of Topliss-reactive ketones (excluding diaryl/α,β-unsaturated/α-hetero) is 1. The maximum absolute atomic E-state index is 12.3. The number of rotatable bonds is 6. The summed E-state index contributed by atoms with van der Waals surface area (Å²) in [5.41, 5.74) is 11.0. The Hall–Kier alpha value is -2.01. The molecule has 0 radical (unpaired) electrons. The fourth-order valence-electron chi connectivity index (χ4n) is 2.09. The quantitative estimate of drug-likeness (QED) is 0.358. The molecule has 1 aromatic rings. The van der Waals surface area contributed by atoms with Gasteiger partial charge in [0.15, 0.2) is 0 Å². The van der Waals surface area contributed by atoms with Crippen LogP contribution < -0.4 is 11.2 Å². The van der Waals surface area contributed by atoms with Crippen LogP contribution in [0.4, 0.5) is 0 Å². The highest BCUT2D eigenvalue weighted by molar-refractivity contribution is 6.43. The summed E-state index contributed by atoms with van der Waals surface area (Å²) in [5.74, 6) is -1.26. The Morgan fingerprint density at radius 2 is 1.80 bits per heavy atom. The van der Waals surface area contributed by atoms with Crippen LogP contribution in [0.1, 0.15) is 47.8 Å². The van der Waals surface area contributed by atoms with Crippen molar-refractivity contribution < 1.29 is 9.59 Å². The molecule has 5 heteroatoms. The van der Waals surface area contributed by atoms with E-state index in [9.17, 15) is 9.59 Å². The molecule has 0 aliphatic heterocycles. The second-order valence-electron chi connectivity index (χ2n) is 4.36. The van der Waals surface area contributed by atoms with E-state index in [1.54, 1.807) is 6.92 Å². The Morgan fingerprint density at radius 3 is 2.20 bits per heavy atom. The number of amides is 1. The number of aryl methyl sites for hydroxylation is 2. The highest BCUT2D eigenvalue weighted by Crippen LogP contribution is 2.20. The molecule has 1 aromatic carbocycles. The van der Waals surface area contributed by atoms with Crippen molar-refractivity contribution in [2.24, 2.45) is 10.8 Å². The average Bonchev–Trinajstić information content (AvgIpc) is 2.50. The maximum Gasteiger partial charge on any atom is 0.312 e. The molecule has 20 heavy (non-hydrogen) atoms. The number of hydrogen-bond acceptors (Lipinski definition) is 4. The first-order valence-electron chi connectivity index (χ1n) is 6.76. The lowest BCUT2D eigenvalue weighted by Crippen LogP contribution is -2.29. The predicted molar refractivity (Wildman–Crippen MR) is 79.7 cm³/mol. The fraction of sp³-hybridized carbons (Fsp3) is 0.400. The summed E-state index contributed by atoms with van der Waals surface area (Å²) in [6.45, 7) is 5.98. The third kappa shape index (κ3) is 3.51. The van der Waals surface area contributed by atoms with Crippen molar-refractivity contribution in [1.82, 2.24) is 5.43 Å². The van der Waals surface area contributed by atoms with E-state index in [0.29, 0.717) is 24.9 Å². The van der Waals surface area contributed by atoms with Crippen LogP contribution in [0, 0.1) is 0 Å². The van der Waals surface area contributed by atoms with Gasteiger partial charge in [0.05, 0.1) is 0 Å². The van der Waals surface area contributed by atoms with Crippen molar-refractivity contribution in [3.8, 4) is 0 Å². The second kappa shape index (κ2) is 7.55. The van der Waals surface area contributed by atoms with E-state index in [0.717, 1.165) is 16.7 Å². The van der Waals surface area contributed by atoms with Crippen molar-refractivity contribution in [2.75, 3.05) is 0 Å². The van der Waals surface area contributed by atoms with Gasteiger partial charge < -0.3 is 5.73 Å². The Bertz CT molecular complexity index is 511. The number of nitrogens with zero attached hydrogens (tertiary/aromatic N) is 1. The van der Waals surface area contributed by atoms with Gasteiger partial charge in [-0.3, -0.25) is 9.59 Å². The molecule has 0 bridgehead atoms. The van der Waals surface area contributed by atoms with E-state index >= 15 is 0 Å². The summed E-state index contributed by atoms with van der Waals surface area (Å²) in [6.07, 6.45) is 2.77. The van der Waals surface area contributed by atoms with Crippen LogP contribution in [0.2, 0.25) is 0 Å². The molecule has 0 aliphatic carbocycles. The van der Waals surface area contributed by atoms with Gasteiger partial charge in [-0.1, -0.05) is 26.0 Å². The van der Waals surface area contributed by atoms with Gasteiger partial charge in [-0.05, 0) is 36.5 Å². The van der Waals surface area contributed by atoms with Gasteiger partial charge in [0.1, 0.15) is 0 Å². The summed E-state index contributed by atoms with van der Waals surface area (Å²) >= 11 is 0. The minimum absolute atomic E-state index is 0.417. The molecule has 0 aliphatic rings. The lowest BCUT2D eigenvalue weighted by molar-refractivity contribution is -0.117. The third-order valence-corrected chi connectivity index (χ3v) is 3.09. The van der Waals surface area contributed by atoms with Crippen LogP contribution in [0.5, 0.6) is 0 Å². The molecule has 0 heterocycles. The summed E-state index contributed by atoms with van der Waals surface area (Å²) in [4.78, 5) is 24.1. The van der Waals surface area contributed by atoms with Gasteiger partial charge in [-0.25, -0.2) is 5.43 Å². The Morgan fingerprint density at radius 1 is 1.25 bits per heavy atom. The minimum atomic E-state index is -0.715. The van der Waals surface area contributed by atoms with Gasteiger partial charge in [0.2, 0.25) is 0 Å². The fourth-order valence-corrected chi connectivity index (χ4v) is 2.09. The van der Waals surface area contributed by atoms with Crippen molar-refractivity contribution in [3.05, 3.63) is 34.4 Å². The molecule has 0 spiro atoms. The van der Waals surface area contributed by atoms with Crippen LogP contribution in [0.15, 0.2) is 17.2 Å². The molecule has 108 valence electrons. The molecular formula is C15H21N3O2. The van der Waals surface area contributed by atoms with Gasteiger partial charge in [-0.15, -0.1) is 0 Å². The molecule has 5 nitrogen and oxygen atoms in total. The number of hydrogen-bond donors (Lipinski definition) is 2. The lowest BCUT2D eigenvalue weighted by atomic mass is 9.91. The van der Waals surface area contributed by atoms with Gasteiger partial charge >= 0.3 is 5.91 Å². The molecule has 0 saturated heterocycles. The molecule has 0 unspecified atom stereocenters. The molecule has 1 rings (SSSR count). The number of carbonyl (C=O) groups excluding carboxylic acids is 2. The van der Waals surface area contributed by atoms with Crippen LogP contribution in [-0.2, 0) is 24.2 Å². The van der Waals surface area contributed by atoms with Crippen LogP contribution in [-0.4, -0.2) is 17.9 Å².